The molecule has 0 bridgehead atoms. The second-order valence-electron chi connectivity index (χ2n) is 6.92. The molecule has 1 amide bonds. The molecular weight excluding hydrogens is 248 g/mol. The molecular formula is C17H32N2O. The zero-order chi connectivity index (χ0) is 14.4. The molecule has 3 N–H and O–H groups in total. The minimum atomic E-state index is 0.175. The van der Waals surface area contributed by atoms with Gasteiger partial charge < -0.3 is 11.1 Å². The molecule has 0 heterocycles. The maximum absolute atomic E-state index is 12.4. The first-order chi connectivity index (χ1) is 9.70. The van der Waals surface area contributed by atoms with Crippen molar-refractivity contribution in [2.75, 3.05) is 0 Å². The Morgan fingerprint density at radius 3 is 2.45 bits per heavy atom. The van der Waals surface area contributed by atoms with Crippen LogP contribution in [0.1, 0.15) is 77.6 Å². The van der Waals surface area contributed by atoms with E-state index < -0.39 is 0 Å². The first-order valence-electron chi connectivity index (χ1n) is 8.76. The summed E-state index contributed by atoms with van der Waals surface area (Å²) in [5.74, 6) is 1.40. The third kappa shape index (κ3) is 4.47. The summed E-state index contributed by atoms with van der Waals surface area (Å²) in [5, 5.41) is 3.23. The van der Waals surface area contributed by atoms with Crippen LogP contribution < -0.4 is 11.1 Å². The highest BCUT2D eigenvalue weighted by atomic mass is 16.1. The first-order valence-corrected chi connectivity index (χ1v) is 8.76. The summed E-state index contributed by atoms with van der Waals surface area (Å²) in [4.78, 5) is 12.4. The predicted octanol–water partition coefficient (Wildman–Crippen LogP) is 3.37. The molecule has 0 aromatic carbocycles. The lowest BCUT2D eigenvalue weighted by Crippen LogP contribution is -2.51. The van der Waals surface area contributed by atoms with E-state index in [1.165, 1.54) is 44.9 Å². The van der Waals surface area contributed by atoms with Gasteiger partial charge in [0.1, 0.15) is 0 Å². The van der Waals surface area contributed by atoms with Crippen molar-refractivity contribution in [1.82, 2.24) is 5.32 Å². The second-order valence-corrected chi connectivity index (χ2v) is 6.92. The summed E-state index contributed by atoms with van der Waals surface area (Å²) in [6, 6.07) is 0.405. The highest BCUT2D eigenvalue weighted by Crippen LogP contribution is 2.32. The van der Waals surface area contributed by atoms with E-state index >= 15 is 0 Å². The van der Waals surface area contributed by atoms with Gasteiger partial charge in [0, 0.05) is 18.0 Å². The number of carbonyl (C=O) groups excluding carboxylic acids is 1. The van der Waals surface area contributed by atoms with Crippen molar-refractivity contribution in [3.63, 3.8) is 0 Å². The minimum Gasteiger partial charge on any atom is -0.352 e. The largest absolute Gasteiger partial charge is 0.352 e. The SMILES string of the molecule is CCCCC1CCC(C(=O)NC2CCCCC2N)CC1. The third-order valence-electron chi connectivity index (χ3n) is 5.33. The third-order valence-corrected chi connectivity index (χ3v) is 5.33. The van der Waals surface area contributed by atoms with Gasteiger partial charge in [0.25, 0.3) is 0 Å². The molecule has 2 fully saturated rings. The second kappa shape index (κ2) is 8.02. The molecule has 0 saturated heterocycles. The van der Waals surface area contributed by atoms with Gasteiger partial charge in [-0.1, -0.05) is 39.0 Å². The van der Waals surface area contributed by atoms with E-state index in [0.717, 1.165) is 31.6 Å². The van der Waals surface area contributed by atoms with Gasteiger partial charge >= 0.3 is 0 Å². The average Bonchev–Trinajstić information content (AvgIpc) is 2.48. The molecule has 0 aliphatic heterocycles. The summed E-state index contributed by atoms with van der Waals surface area (Å²) < 4.78 is 0. The van der Waals surface area contributed by atoms with Crippen LogP contribution in [0.4, 0.5) is 0 Å². The van der Waals surface area contributed by atoms with Crippen LogP contribution in [0.5, 0.6) is 0 Å². The number of hydrogen-bond donors (Lipinski definition) is 2. The average molecular weight is 280 g/mol. The summed E-state index contributed by atoms with van der Waals surface area (Å²) in [6.07, 6.45) is 13.2. The van der Waals surface area contributed by atoms with Crippen molar-refractivity contribution >= 4 is 5.91 Å². The van der Waals surface area contributed by atoms with Crippen molar-refractivity contribution in [3.8, 4) is 0 Å². The number of nitrogens with two attached hydrogens (primary N) is 1. The van der Waals surface area contributed by atoms with E-state index in [9.17, 15) is 4.79 Å². The smallest absolute Gasteiger partial charge is 0.223 e. The molecule has 0 spiro atoms. The quantitative estimate of drug-likeness (QED) is 0.811. The maximum atomic E-state index is 12.4. The Balaban J connectivity index is 1.71. The normalized spacial score (nSPS) is 34.7. The van der Waals surface area contributed by atoms with E-state index in [2.05, 4.69) is 12.2 Å². The van der Waals surface area contributed by atoms with Crippen molar-refractivity contribution in [2.24, 2.45) is 17.6 Å². The number of hydrogen-bond acceptors (Lipinski definition) is 2. The van der Waals surface area contributed by atoms with E-state index in [1.54, 1.807) is 0 Å². The van der Waals surface area contributed by atoms with Crippen LogP contribution in [0.25, 0.3) is 0 Å². The molecule has 2 rings (SSSR count). The monoisotopic (exact) mass is 280 g/mol. The van der Waals surface area contributed by atoms with Crippen LogP contribution in [0.3, 0.4) is 0 Å². The zero-order valence-electron chi connectivity index (χ0n) is 13.1. The fraction of sp³-hybridized carbons (Fsp3) is 0.941. The van der Waals surface area contributed by atoms with Crippen LogP contribution in [-0.4, -0.2) is 18.0 Å². The van der Waals surface area contributed by atoms with Gasteiger partial charge in [-0.05, 0) is 44.4 Å². The van der Waals surface area contributed by atoms with Crippen LogP contribution in [0, 0.1) is 11.8 Å². The number of amides is 1. The van der Waals surface area contributed by atoms with Crippen molar-refractivity contribution < 1.29 is 4.79 Å². The van der Waals surface area contributed by atoms with E-state index in [-0.39, 0.29) is 23.9 Å². The van der Waals surface area contributed by atoms with E-state index in [4.69, 9.17) is 5.73 Å². The Morgan fingerprint density at radius 2 is 1.80 bits per heavy atom. The lowest BCUT2D eigenvalue weighted by atomic mass is 9.79. The standard InChI is InChI=1S/C17H32N2O/c1-2-3-6-13-9-11-14(12-10-13)17(20)19-16-8-5-4-7-15(16)18/h13-16H,2-12,18H2,1H3,(H,19,20). The van der Waals surface area contributed by atoms with Gasteiger partial charge in [0.2, 0.25) is 5.91 Å². The molecule has 0 radical (unpaired) electrons. The topological polar surface area (TPSA) is 55.1 Å². The van der Waals surface area contributed by atoms with Crippen molar-refractivity contribution in [2.45, 2.75) is 89.6 Å². The Hall–Kier alpha value is -0.570. The van der Waals surface area contributed by atoms with Gasteiger partial charge in [-0.2, -0.15) is 0 Å². The maximum Gasteiger partial charge on any atom is 0.223 e. The highest BCUT2D eigenvalue weighted by Gasteiger charge is 2.29. The fourth-order valence-corrected chi connectivity index (χ4v) is 3.85. The molecule has 20 heavy (non-hydrogen) atoms. The van der Waals surface area contributed by atoms with Gasteiger partial charge in [-0.25, -0.2) is 0 Å². The summed E-state index contributed by atoms with van der Waals surface area (Å²) >= 11 is 0. The molecule has 0 aromatic rings. The Morgan fingerprint density at radius 1 is 1.10 bits per heavy atom. The number of rotatable bonds is 5. The molecule has 0 aromatic heterocycles. The number of carbonyl (C=O) groups is 1. The van der Waals surface area contributed by atoms with Gasteiger partial charge in [0.15, 0.2) is 0 Å². The molecule has 3 nitrogen and oxygen atoms in total. The molecule has 2 unspecified atom stereocenters. The van der Waals surface area contributed by atoms with Crippen molar-refractivity contribution in [1.29, 1.82) is 0 Å². The molecule has 2 saturated carbocycles. The Labute approximate surface area is 124 Å². The van der Waals surface area contributed by atoms with Gasteiger partial charge in [-0.15, -0.1) is 0 Å². The summed E-state index contributed by atoms with van der Waals surface area (Å²) in [6.45, 7) is 2.26. The summed E-state index contributed by atoms with van der Waals surface area (Å²) in [7, 11) is 0. The lowest BCUT2D eigenvalue weighted by Gasteiger charge is -2.33. The van der Waals surface area contributed by atoms with E-state index in [1.807, 2.05) is 0 Å². The van der Waals surface area contributed by atoms with Crippen LogP contribution in [-0.2, 0) is 4.79 Å². The minimum absolute atomic E-state index is 0.175. The van der Waals surface area contributed by atoms with Gasteiger partial charge in [-0.3, -0.25) is 4.79 Å². The number of unbranched alkanes of at least 4 members (excludes halogenated alkanes) is 1. The molecule has 2 atom stereocenters. The fourth-order valence-electron chi connectivity index (χ4n) is 3.85. The van der Waals surface area contributed by atoms with Crippen LogP contribution in [0.15, 0.2) is 0 Å². The highest BCUT2D eigenvalue weighted by molar-refractivity contribution is 5.79. The molecule has 2 aliphatic carbocycles. The number of nitrogens with one attached hydrogen (secondary N) is 1. The zero-order valence-corrected chi connectivity index (χ0v) is 13.1. The first kappa shape index (κ1) is 15.8. The van der Waals surface area contributed by atoms with Crippen molar-refractivity contribution in [3.05, 3.63) is 0 Å². The molecule has 2 aliphatic rings. The van der Waals surface area contributed by atoms with E-state index in [0.29, 0.717) is 0 Å². The molecule has 116 valence electrons. The predicted molar refractivity (Wildman–Crippen MR) is 83.3 cm³/mol. The van der Waals surface area contributed by atoms with Gasteiger partial charge in [0.05, 0.1) is 0 Å². The Kier molecular flexibility index (Phi) is 6.34. The molecule has 3 heteroatoms. The summed E-state index contributed by atoms with van der Waals surface area (Å²) in [5.41, 5.74) is 6.12. The van der Waals surface area contributed by atoms with Crippen LogP contribution in [0.2, 0.25) is 0 Å². The Bertz CT molecular complexity index is 297. The van der Waals surface area contributed by atoms with Crippen LogP contribution >= 0.6 is 0 Å². The lowest BCUT2D eigenvalue weighted by molar-refractivity contribution is -0.127.